The summed E-state index contributed by atoms with van der Waals surface area (Å²) in [5.74, 6) is 2.70. The van der Waals surface area contributed by atoms with E-state index in [1.54, 1.807) is 18.2 Å². The van der Waals surface area contributed by atoms with Crippen LogP contribution in [0.2, 0.25) is 5.02 Å². The van der Waals surface area contributed by atoms with E-state index in [1.807, 2.05) is 18.7 Å². The first-order valence-electron chi connectivity index (χ1n) is 6.72. The highest BCUT2D eigenvalue weighted by Crippen LogP contribution is 2.28. The molecule has 0 spiro atoms. The molecular weight excluding hydrogens is 331 g/mol. The van der Waals surface area contributed by atoms with Crippen LogP contribution in [0, 0.1) is 0 Å². The number of rotatable bonds is 5. The molecule has 118 valence electrons. The number of nitrogens with one attached hydrogen (secondary N) is 2. The summed E-state index contributed by atoms with van der Waals surface area (Å²) in [6, 6.07) is 5.48. The second-order valence-corrected chi connectivity index (χ2v) is 6.14. The monoisotopic (exact) mass is 350 g/mol. The molecule has 1 aliphatic rings. The summed E-state index contributed by atoms with van der Waals surface area (Å²) in [5, 5.41) is 6.84. The van der Waals surface area contributed by atoms with Crippen LogP contribution in [0.1, 0.15) is 13.3 Å². The number of benzene rings is 1. The first kappa shape index (κ1) is 18.4. The Balaban J connectivity index is 0.00000220. The van der Waals surface area contributed by atoms with Gasteiger partial charge in [0.05, 0.1) is 12.3 Å². The lowest BCUT2D eigenvalue weighted by Gasteiger charge is -2.22. The quantitative estimate of drug-likeness (QED) is 0.856. The van der Waals surface area contributed by atoms with Gasteiger partial charge in [-0.25, -0.2) is 0 Å². The van der Waals surface area contributed by atoms with Gasteiger partial charge in [0.2, 0.25) is 5.91 Å². The van der Waals surface area contributed by atoms with Crippen LogP contribution in [0.15, 0.2) is 18.2 Å². The van der Waals surface area contributed by atoms with Gasteiger partial charge in [-0.3, -0.25) is 4.79 Å². The first-order valence-corrected chi connectivity index (χ1v) is 8.25. The Morgan fingerprint density at radius 3 is 3.05 bits per heavy atom. The Morgan fingerprint density at radius 1 is 1.57 bits per heavy atom. The summed E-state index contributed by atoms with van der Waals surface area (Å²) < 4.78 is 5.49. The number of hydrogen-bond donors (Lipinski definition) is 2. The van der Waals surface area contributed by atoms with E-state index in [0.29, 0.717) is 29.5 Å². The van der Waals surface area contributed by atoms with Gasteiger partial charge in [-0.2, -0.15) is 11.8 Å². The molecule has 2 N–H and O–H groups in total. The molecule has 0 saturated carbocycles. The summed E-state index contributed by atoms with van der Waals surface area (Å²) in [6.45, 7) is 3.40. The third kappa shape index (κ3) is 5.94. The summed E-state index contributed by atoms with van der Waals surface area (Å²) in [4.78, 5) is 12.1. The first-order chi connectivity index (χ1) is 9.69. The van der Waals surface area contributed by atoms with Crippen molar-refractivity contribution in [3.8, 4) is 5.75 Å². The van der Waals surface area contributed by atoms with Gasteiger partial charge >= 0.3 is 0 Å². The fraction of sp³-hybridized carbons (Fsp3) is 0.500. The maximum Gasteiger partial charge on any atom is 0.226 e. The number of thioether (sulfide) groups is 1. The normalized spacial score (nSPS) is 17.7. The van der Waals surface area contributed by atoms with Gasteiger partial charge in [0.15, 0.2) is 0 Å². The Hall–Kier alpha value is -0.620. The molecule has 2 rings (SSSR count). The lowest BCUT2D eigenvalue weighted by molar-refractivity contribution is -0.116. The minimum atomic E-state index is -0.00623. The molecule has 1 aromatic rings. The van der Waals surface area contributed by atoms with Crippen molar-refractivity contribution >= 4 is 47.4 Å². The van der Waals surface area contributed by atoms with E-state index >= 15 is 0 Å². The van der Waals surface area contributed by atoms with E-state index in [0.717, 1.165) is 18.1 Å². The van der Waals surface area contributed by atoms with Crippen LogP contribution >= 0.6 is 35.8 Å². The molecule has 21 heavy (non-hydrogen) atoms. The highest BCUT2D eigenvalue weighted by molar-refractivity contribution is 7.99. The second-order valence-electron chi connectivity index (χ2n) is 4.55. The average molecular weight is 351 g/mol. The van der Waals surface area contributed by atoms with Gasteiger partial charge in [0, 0.05) is 41.6 Å². The average Bonchev–Trinajstić information content (AvgIpc) is 2.43. The van der Waals surface area contributed by atoms with Crippen molar-refractivity contribution in [3.63, 3.8) is 0 Å². The van der Waals surface area contributed by atoms with Gasteiger partial charge < -0.3 is 15.4 Å². The largest absolute Gasteiger partial charge is 0.492 e. The van der Waals surface area contributed by atoms with Crippen LogP contribution in [-0.4, -0.2) is 36.6 Å². The van der Waals surface area contributed by atoms with Crippen molar-refractivity contribution in [2.24, 2.45) is 0 Å². The second kappa shape index (κ2) is 9.41. The third-order valence-corrected chi connectivity index (χ3v) is 4.31. The van der Waals surface area contributed by atoms with Gasteiger partial charge in [0.1, 0.15) is 5.75 Å². The molecule has 0 radical (unpaired) electrons. The minimum Gasteiger partial charge on any atom is -0.492 e. The van der Waals surface area contributed by atoms with Gasteiger partial charge in [-0.15, -0.1) is 12.4 Å². The molecule has 0 bridgehead atoms. The molecule has 1 unspecified atom stereocenters. The van der Waals surface area contributed by atoms with Gasteiger partial charge in [-0.05, 0) is 19.1 Å². The van der Waals surface area contributed by atoms with Crippen molar-refractivity contribution in [1.29, 1.82) is 0 Å². The smallest absolute Gasteiger partial charge is 0.226 e. The molecule has 0 aliphatic carbocycles. The Morgan fingerprint density at radius 2 is 2.38 bits per heavy atom. The fourth-order valence-corrected chi connectivity index (χ4v) is 3.16. The topological polar surface area (TPSA) is 50.4 Å². The van der Waals surface area contributed by atoms with Crippen molar-refractivity contribution in [3.05, 3.63) is 23.2 Å². The van der Waals surface area contributed by atoms with Crippen molar-refractivity contribution in [2.75, 3.05) is 30.0 Å². The number of halogens is 2. The van der Waals surface area contributed by atoms with Crippen LogP contribution in [-0.2, 0) is 4.79 Å². The zero-order valence-corrected chi connectivity index (χ0v) is 14.2. The van der Waals surface area contributed by atoms with Crippen LogP contribution in [0.4, 0.5) is 5.69 Å². The number of ether oxygens (including phenoxy) is 1. The molecule has 1 aliphatic heterocycles. The molecule has 0 aromatic heterocycles. The van der Waals surface area contributed by atoms with Crippen LogP contribution < -0.4 is 15.4 Å². The molecule has 1 saturated heterocycles. The summed E-state index contributed by atoms with van der Waals surface area (Å²) in [7, 11) is 0. The SMILES string of the molecule is CCOc1cc(Cl)ccc1NC(=O)CC1CSCCN1.Cl. The molecule has 7 heteroatoms. The van der Waals surface area contributed by atoms with E-state index < -0.39 is 0 Å². The van der Waals surface area contributed by atoms with E-state index in [4.69, 9.17) is 16.3 Å². The number of carbonyl (C=O) groups is 1. The van der Waals surface area contributed by atoms with E-state index in [-0.39, 0.29) is 24.4 Å². The van der Waals surface area contributed by atoms with E-state index in [9.17, 15) is 4.79 Å². The van der Waals surface area contributed by atoms with Gasteiger partial charge in [0.25, 0.3) is 0 Å². The number of hydrogen-bond acceptors (Lipinski definition) is 4. The highest BCUT2D eigenvalue weighted by atomic mass is 35.5. The van der Waals surface area contributed by atoms with Crippen LogP contribution in [0.3, 0.4) is 0 Å². The third-order valence-electron chi connectivity index (χ3n) is 2.95. The van der Waals surface area contributed by atoms with Crippen LogP contribution in [0.25, 0.3) is 0 Å². The number of amides is 1. The Kier molecular flexibility index (Phi) is 8.26. The Bertz CT molecular complexity index is 468. The maximum atomic E-state index is 12.1. The summed E-state index contributed by atoms with van der Waals surface area (Å²) in [6.07, 6.45) is 0.473. The predicted molar refractivity (Wildman–Crippen MR) is 92.2 cm³/mol. The molecule has 1 amide bonds. The molecule has 1 aromatic carbocycles. The Labute approximate surface area is 140 Å². The molecular formula is C14H20Cl2N2O2S. The predicted octanol–water partition coefficient (Wildman–Crippen LogP) is 3.19. The van der Waals surface area contributed by atoms with E-state index in [2.05, 4.69) is 10.6 Å². The number of carbonyl (C=O) groups excluding carboxylic acids is 1. The standard InChI is InChI=1S/C14H19ClN2O2S.ClH/c1-2-19-13-7-10(15)3-4-12(13)17-14(18)8-11-9-20-6-5-16-11;/h3-4,7,11,16H,2,5-6,8-9H2,1H3,(H,17,18);1H. The van der Waals surface area contributed by atoms with Crippen molar-refractivity contribution in [2.45, 2.75) is 19.4 Å². The summed E-state index contributed by atoms with van der Waals surface area (Å²) >= 11 is 7.82. The van der Waals surface area contributed by atoms with Crippen molar-refractivity contribution < 1.29 is 9.53 Å². The lowest BCUT2D eigenvalue weighted by Crippen LogP contribution is -2.39. The molecule has 4 nitrogen and oxygen atoms in total. The molecule has 1 atom stereocenters. The zero-order chi connectivity index (χ0) is 14.4. The molecule has 1 heterocycles. The van der Waals surface area contributed by atoms with Crippen LogP contribution in [0.5, 0.6) is 5.75 Å². The highest BCUT2D eigenvalue weighted by Gasteiger charge is 2.17. The lowest BCUT2D eigenvalue weighted by atomic mass is 10.2. The maximum absolute atomic E-state index is 12.1. The fourth-order valence-electron chi connectivity index (χ4n) is 2.05. The summed E-state index contributed by atoms with van der Waals surface area (Å²) in [5.41, 5.74) is 0.671. The van der Waals surface area contributed by atoms with E-state index in [1.165, 1.54) is 0 Å². The molecule has 1 fully saturated rings. The minimum absolute atomic E-state index is 0. The van der Waals surface area contributed by atoms with Crippen molar-refractivity contribution in [1.82, 2.24) is 5.32 Å². The van der Waals surface area contributed by atoms with Gasteiger partial charge in [-0.1, -0.05) is 11.6 Å². The zero-order valence-electron chi connectivity index (χ0n) is 11.9. The number of anilines is 1.